The second-order valence-electron chi connectivity index (χ2n) is 9.20. The van der Waals surface area contributed by atoms with Crippen molar-refractivity contribution >= 4 is 17.5 Å². The molecule has 4 heterocycles. The summed E-state index contributed by atoms with van der Waals surface area (Å²) in [6, 6.07) is 3.69. The van der Waals surface area contributed by atoms with E-state index in [9.17, 15) is 14.7 Å². The summed E-state index contributed by atoms with van der Waals surface area (Å²) in [7, 11) is 1.55. The molecule has 0 bridgehead atoms. The van der Waals surface area contributed by atoms with Crippen molar-refractivity contribution in [2.24, 2.45) is 0 Å². The van der Waals surface area contributed by atoms with Crippen LogP contribution in [0.3, 0.4) is 0 Å². The molecule has 0 fully saturated rings. The van der Waals surface area contributed by atoms with Gasteiger partial charge < -0.3 is 29.9 Å². The van der Waals surface area contributed by atoms with Crippen molar-refractivity contribution in [2.45, 2.75) is 58.0 Å². The number of rotatable bonds is 6. The van der Waals surface area contributed by atoms with Crippen molar-refractivity contribution < 1.29 is 19.4 Å². The van der Waals surface area contributed by atoms with Crippen molar-refractivity contribution in [1.29, 1.82) is 0 Å². The normalized spacial score (nSPS) is 19.3. The molecule has 2 atom stereocenters. The van der Waals surface area contributed by atoms with Gasteiger partial charge in [-0.3, -0.25) is 9.59 Å². The van der Waals surface area contributed by atoms with Gasteiger partial charge in [-0.25, -0.2) is 0 Å². The Morgan fingerprint density at radius 2 is 2.11 bits per heavy atom. The SMILES string of the molecule is COc1cc2c(cc1C(=O)NC1C=CC=C(c3nnc4n3CCC4)N1)CN(C(=O)C[C@H](C)O)CC2. The number of benzene rings is 1. The van der Waals surface area contributed by atoms with Gasteiger partial charge in [-0.15, -0.1) is 10.2 Å². The summed E-state index contributed by atoms with van der Waals surface area (Å²) in [5.74, 6) is 1.87. The molecule has 0 radical (unpaired) electrons. The molecule has 10 heteroatoms. The van der Waals surface area contributed by atoms with Crippen molar-refractivity contribution in [2.75, 3.05) is 13.7 Å². The smallest absolute Gasteiger partial charge is 0.256 e. The van der Waals surface area contributed by atoms with Crippen LogP contribution in [0.2, 0.25) is 0 Å². The Labute approximate surface area is 203 Å². The molecule has 0 spiro atoms. The maximum Gasteiger partial charge on any atom is 0.256 e. The minimum Gasteiger partial charge on any atom is -0.496 e. The molecule has 0 saturated carbocycles. The summed E-state index contributed by atoms with van der Waals surface area (Å²) < 4.78 is 7.64. The zero-order chi connectivity index (χ0) is 24.5. The van der Waals surface area contributed by atoms with Gasteiger partial charge in [-0.2, -0.15) is 0 Å². The number of nitrogens with one attached hydrogen (secondary N) is 2. The molecule has 3 aliphatic rings. The molecule has 0 aliphatic carbocycles. The monoisotopic (exact) mass is 478 g/mol. The molecule has 3 N–H and O–H groups in total. The van der Waals surface area contributed by atoms with E-state index in [1.165, 1.54) is 0 Å². The van der Waals surface area contributed by atoms with Gasteiger partial charge in [0.2, 0.25) is 5.91 Å². The molecule has 1 unspecified atom stereocenters. The third-order valence-corrected chi connectivity index (χ3v) is 6.62. The van der Waals surface area contributed by atoms with Crippen molar-refractivity contribution in [3.63, 3.8) is 0 Å². The first kappa shape index (κ1) is 23.1. The Morgan fingerprint density at radius 1 is 1.26 bits per heavy atom. The Hall–Kier alpha value is -3.66. The molecule has 184 valence electrons. The number of fused-ring (bicyclic) bond motifs is 2. The summed E-state index contributed by atoms with van der Waals surface area (Å²) >= 11 is 0. The van der Waals surface area contributed by atoms with Crippen molar-refractivity contribution in [3.8, 4) is 5.75 Å². The number of dihydropyridines is 1. The van der Waals surface area contributed by atoms with Crippen LogP contribution in [0.4, 0.5) is 0 Å². The van der Waals surface area contributed by atoms with Crippen molar-refractivity contribution in [1.82, 2.24) is 30.3 Å². The number of carbonyl (C=O) groups is 2. The molecule has 1 aromatic heterocycles. The fourth-order valence-electron chi connectivity index (χ4n) is 4.85. The van der Waals surface area contributed by atoms with Crippen LogP contribution in [0.1, 0.15) is 52.9 Å². The lowest BCUT2D eigenvalue weighted by molar-refractivity contribution is -0.133. The van der Waals surface area contributed by atoms with E-state index < -0.39 is 12.3 Å². The maximum atomic E-state index is 13.3. The standard InChI is InChI=1S/C25H30N6O4/c1-15(32)11-23(33)30-10-8-16-13-20(35-2)18(12-17(16)14-30)25(34)27-21-6-3-5-19(26-21)24-29-28-22-7-4-9-31(22)24/h3,5-6,12-13,15,21,26,32H,4,7-11,14H2,1-2H3,(H,27,34)/t15-,21?/m0/s1. The van der Waals surface area contributed by atoms with Gasteiger partial charge in [0.1, 0.15) is 17.7 Å². The number of carbonyl (C=O) groups excluding carboxylic acids is 2. The molecule has 3 aliphatic heterocycles. The van der Waals surface area contributed by atoms with Crippen LogP contribution < -0.4 is 15.4 Å². The molecule has 2 aromatic rings. The first-order valence-electron chi connectivity index (χ1n) is 12.0. The minimum atomic E-state index is -0.685. The second kappa shape index (κ2) is 9.53. The van der Waals surface area contributed by atoms with Crippen LogP contribution in [0.15, 0.2) is 30.4 Å². The number of hydrogen-bond donors (Lipinski definition) is 3. The Kier molecular flexibility index (Phi) is 6.29. The summed E-state index contributed by atoms with van der Waals surface area (Å²) in [4.78, 5) is 27.5. The molecule has 1 aromatic carbocycles. The largest absolute Gasteiger partial charge is 0.496 e. The summed E-state index contributed by atoms with van der Waals surface area (Å²) in [6.45, 7) is 3.47. The molecule has 35 heavy (non-hydrogen) atoms. The number of methoxy groups -OCH3 is 1. The summed E-state index contributed by atoms with van der Waals surface area (Å²) in [5, 5.41) is 24.5. The third kappa shape index (κ3) is 4.66. The number of aromatic nitrogens is 3. The number of hydrogen-bond acceptors (Lipinski definition) is 7. The van der Waals surface area contributed by atoms with Gasteiger partial charge in [0.05, 0.1) is 30.9 Å². The van der Waals surface area contributed by atoms with Gasteiger partial charge in [0.15, 0.2) is 5.82 Å². The highest BCUT2D eigenvalue weighted by molar-refractivity contribution is 5.97. The topological polar surface area (TPSA) is 122 Å². The van der Waals surface area contributed by atoms with E-state index in [0.29, 0.717) is 30.8 Å². The minimum absolute atomic E-state index is 0.0869. The predicted octanol–water partition coefficient (Wildman–Crippen LogP) is 1.14. The lowest BCUT2D eigenvalue weighted by atomic mass is 9.95. The van der Waals surface area contributed by atoms with Crippen LogP contribution in [-0.2, 0) is 30.7 Å². The number of aryl methyl sites for hydroxylation is 1. The number of aliphatic hydroxyl groups is 1. The molecule has 5 rings (SSSR count). The van der Waals surface area contributed by atoms with E-state index in [1.807, 2.05) is 24.3 Å². The van der Waals surface area contributed by atoms with Crippen LogP contribution in [0.5, 0.6) is 5.75 Å². The maximum absolute atomic E-state index is 13.3. The molecule has 0 saturated heterocycles. The van der Waals surface area contributed by atoms with E-state index >= 15 is 0 Å². The first-order chi connectivity index (χ1) is 16.9. The van der Waals surface area contributed by atoms with Gasteiger partial charge in [-0.05, 0) is 55.2 Å². The quantitative estimate of drug-likeness (QED) is 0.569. The number of nitrogens with zero attached hydrogens (tertiary/aromatic N) is 4. The van der Waals surface area contributed by atoms with E-state index in [0.717, 1.165) is 47.9 Å². The van der Waals surface area contributed by atoms with E-state index in [4.69, 9.17) is 4.74 Å². The van der Waals surface area contributed by atoms with Gasteiger partial charge in [-0.1, -0.05) is 6.08 Å². The zero-order valence-electron chi connectivity index (χ0n) is 20.0. The summed E-state index contributed by atoms with van der Waals surface area (Å²) in [6.07, 6.45) is 7.31. The average Bonchev–Trinajstić information content (AvgIpc) is 3.46. The fourth-order valence-corrected chi connectivity index (χ4v) is 4.85. The van der Waals surface area contributed by atoms with Gasteiger partial charge >= 0.3 is 0 Å². The van der Waals surface area contributed by atoms with E-state index in [1.54, 1.807) is 25.0 Å². The van der Waals surface area contributed by atoms with Crippen LogP contribution in [-0.4, -0.2) is 62.5 Å². The van der Waals surface area contributed by atoms with Crippen LogP contribution >= 0.6 is 0 Å². The van der Waals surface area contributed by atoms with Crippen LogP contribution in [0.25, 0.3) is 5.70 Å². The Bertz CT molecular complexity index is 1210. The molecular formula is C25H30N6O4. The third-order valence-electron chi connectivity index (χ3n) is 6.62. The molecule has 2 amide bonds. The summed E-state index contributed by atoms with van der Waals surface area (Å²) in [5.41, 5.74) is 3.18. The van der Waals surface area contributed by atoms with E-state index in [2.05, 4.69) is 25.4 Å². The second-order valence-corrected chi connectivity index (χ2v) is 9.20. The number of ether oxygens (including phenoxy) is 1. The molecule has 10 nitrogen and oxygen atoms in total. The van der Waals surface area contributed by atoms with Gasteiger partial charge in [0.25, 0.3) is 5.91 Å². The zero-order valence-corrected chi connectivity index (χ0v) is 20.0. The highest BCUT2D eigenvalue weighted by atomic mass is 16.5. The van der Waals surface area contributed by atoms with Crippen molar-refractivity contribution in [3.05, 3.63) is 58.7 Å². The van der Waals surface area contributed by atoms with Crippen LogP contribution in [0, 0.1) is 0 Å². The van der Waals surface area contributed by atoms with Gasteiger partial charge in [0, 0.05) is 26.1 Å². The Balaban J connectivity index is 1.31. The van der Waals surface area contributed by atoms with E-state index in [-0.39, 0.29) is 18.2 Å². The first-order valence-corrected chi connectivity index (χ1v) is 12.0. The molecular weight excluding hydrogens is 448 g/mol. The highest BCUT2D eigenvalue weighted by Crippen LogP contribution is 2.29. The predicted molar refractivity (Wildman–Crippen MR) is 128 cm³/mol. The number of amides is 2. The Morgan fingerprint density at radius 3 is 2.91 bits per heavy atom. The fraction of sp³-hybridized carbons (Fsp3) is 0.440. The number of aliphatic hydroxyl groups excluding tert-OH is 1. The lowest BCUT2D eigenvalue weighted by Gasteiger charge is -2.30. The average molecular weight is 479 g/mol. The lowest BCUT2D eigenvalue weighted by Crippen LogP contribution is -2.44. The number of allylic oxidation sites excluding steroid dienone is 2. The highest BCUT2D eigenvalue weighted by Gasteiger charge is 2.27.